The standard InChI is InChI=1S/C27H31N5OS/c1-2-17-3-6-22(7-4-17)32-30-23-8-5-21(12-24(23)31-32)28-26(34)29-25(33)16-27-13-18-9-19(14-27)11-20(10-18)15-27/h3-8,12,18-20H,2,9-11,13-16H2,1H3,(H2,28,29,33,34). The Hall–Kier alpha value is -2.80. The van der Waals surface area contributed by atoms with Gasteiger partial charge in [-0.15, -0.1) is 10.2 Å². The molecule has 0 radical (unpaired) electrons. The molecule has 1 amide bonds. The summed E-state index contributed by atoms with van der Waals surface area (Å²) in [6.45, 7) is 2.14. The van der Waals surface area contributed by atoms with Gasteiger partial charge in [-0.1, -0.05) is 19.1 Å². The molecule has 0 spiro atoms. The molecule has 176 valence electrons. The Morgan fingerprint density at radius 1 is 1.00 bits per heavy atom. The summed E-state index contributed by atoms with van der Waals surface area (Å²) in [5.74, 6) is 2.57. The zero-order chi connectivity index (χ0) is 23.3. The van der Waals surface area contributed by atoms with Gasteiger partial charge in [0.15, 0.2) is 5.11 Å². The smallest absolute Gasteiger partial charge is 0.226 e. The van der Waals surface area contributed by atoms with Crippen molar-refractivity contribution in [3.63, 3.8) is 0 Å². The fraction of sp³-hybridized carbons (Fsp3) is 0.481. The molecule has 4 aliphatic rings. The average Bonchev–Trinajstić information content (AvgIpc) is 3.21. The number of carbonyl (C=O) groups is 1. The van der Waals surface area contributed by atoms with Crippen LogP contribution in [0, 0.1) is 23.2 Å². The van der Waals surface area contributed by atoms with Crippen LogP contribution in [0.2, 0.25) is 0 Å². The lowest BCUT2D eigenvalue weighted by molar-refractivity contribution is -0.127. The van der Waals surface area contributed by atoms with E-state index in [0.29, 0.717) is 11.5 Å². The van der Waals surface area contributed by atoms with Crippen molar-refractivity contribution in [1.29, 1.82) is 0 Å². The van der Waals surface area contributed by atoms with E-state index in [9.17, 15) is 4.79 Å². The van der Waals surface area contributed by atoms with Crippen LogP contribution >= 0.6 is 12.2 Å². The number of fused-ring (bicyclic) bond motifs is 1. The second kappa shape index (κ2) is 8.45. The van der Waals surface area contributed by atoms with Crippen molar-refractivity contribution in [3.05, 3.63) is 48.0 Å². The van der Waals surface area contributed by atoms with Crippen molar-refractivity contribution < 1.29 is 4.79 Å². The summed E-state index contributed by atoms with van der Waals surface area (Å²) in [4.78, 5) is 14.5. The van der Waals surface area contributed by atoms with Crippen LogP contribution in [-0.2, 0) is 11.2 Å². The van der Waals surface area contributed by atoms with Gasteiger partial charge in [0.2, 0.25) is 5.91 Å². The quantitative estimate of drug-likeness (QED) is 0.485. The average molecular weight is 474 g/mol. The Balaban J connectivity index is 1.10. The fourth-order valence-corrected chi connectivity index (χ4v) is 7.38. The van der Waals surface area contributed by atoms with Gasteiger partial charge in [-0.05, 0) is 116 Å². The van der Waals surface area contributed by atoms with Gasteiger partial charge in [0.1, 0.15) is 11.0 Å². The lowest BCUT2D eigenvalue weighted by Crippen LogP contribution is -2.48. The minimum absolute atomic E-state index is 0.0435. The SMILES string of the molecule is CCc1ccc(-n2nc3ccc(NC(=S)NC(=O)CC45CC6CC(CC(C6)C4)C5)cc3n2)cc1. The number of thiocarbonyl (C=S) groups is 1. The summed E-state index contributed by atoms with van der Waals surface area (Å²) >= 11 is 5.47. The number of nitrogens with zero attached hydrogens (tertiary/aromatic N) is 3. The van der Waals surface area contributed by atoms with Crippen LogP contribution in [0.1, 0.15) is 57.4 Å². The van der Waals surface area contributed by atoms with Crippen molar-refractivity contribution in [3.8, 4) is 5.69 Å². The Morgan fingerprint density at radius 3 is 2.29 bits per heavy atom. The Bertz CT molecular complexity index is 1210. The Labute approximate surface area is 205 Å². The van der Waals surface area contributed by atoms with Crippen molar-refractivity contribution in [1.82, 2.24) is 20.3 Å². The first-order valence-electron chi connectivity index (χ1n) is 12.5. The van der Waals surface area contributed by atoms with Crippen molar-refractivity contribution >= 4 is 40.0 Å². The van der Waals surface area contributed by atoms with Gasteiger partial charge in [0.25, 0.3) is 0 Å². The summed E-state index contributed by atoms with van der Waals surface area (Å²) in [6.07, 6.45) is 9.43. The van der Waals surface area contributed by atoms with Crippen LogP contribution in [0.25, 0.3) is 16.7 Å². The first-order chi connectivity index (χ1) is 16.5. The summed E-state index contributed by atoms with van der Waals surface area (Å²) in [6, 6.07) is 14.0. The Kier molecular flexibility index (Phi) is 5.40. The maximum Gasteiger partial charge on any atom is 0.226 e. The molecule has 34 heavy (non-hydrogen) atoms. The second-order valence-electron chi connectivity index (χ2n) is 10.8. The monoisotopic (exact) mass is 473 g/mol. The fourth-order valence-electron chi connectivity index (χ4n) is 7.15. The number of nitrogens with one attached hydrogen (secondary N) is 2. The summed E-state index contributed by atoms with van der Waals surface area (Å²) in [7, 11) is 0. The zero-order valence-corrected chi connectivity index (χ0v) is 20.4. The highest BCUT2D eigenvalue weighted by atomic mass is 32.1. The molecule has 0 unspecified atom stereocenters. The molecule has 7 rings (SSSR count). The van der Waals surface area contributed by atoms with Crippen LogP contribution in [0.15, 0.2) is 42.5 Å². The maximum absolute atomic E-state index is 12.9. The van der Waals surface area contributed by atoms with E-state index in [-0.39, 0.29) is 11.3 Å². The van der Waals surface area contributed by atoms with Gasteiger partial charge in [0.05, 0.1) is 5.69 Å². The number of hydrogen-bond donors (Lipinski definition) is 2. The minimum atomic E-state index is 0.0435. The van der Waals surface area contributed by atoms with Gasteiger partial charge in [0, 0.05) is 12.1 Å². The van der Waals surface area contributed by atoms with Crippen molar-refractivity contribution in [2.75, 3.05) is 5.32 Å². The lowest BCUT2D eigenvalue weighted by Gasteiger charge is -2.56. The molecule has 1 heterocycles. The van der Waals surface area contributed by atoms with E-state index in [4.69, 9.17) is 12.2 Å². The molecule has 0 aliphatic heterocycles. The number of anilines is 1. The maximum atomic E-state index is 12.9. The van der Waals surface area contributed by atoms with E-state index in [0.717, 1.165) is 46.6 Å². The molecular formula is C27H31N5OS. The molecule has 0 saturated heterocycles. The van der Waals surface area contributed by atoms with Crippen LogP contribution in [0.3, 0.4) is 0 Å². The number of aryl methyl sites for hydroxylation is 1. The third-order valence-electron chi connectivity index (χ3n) is 8.17. The molecule has 2 N–H and O–H groups in total. The lowest BCUT2D eigenvalue weighted by atomic mass is 9.49. The number of hydrogen-bond acceptors (Lipinski definition) is 4. The molecule has 2 aromatic carbocycles. The van der Waals surface area contributed by atoms with E-state index in [1.54, 1.807) is 4.80 Å². The van der Waals surface area contributed by atoms with Crippen LogP contribution in [0.5, 0.6) is 0 Å². The topological polar surface area (TPSA) is 71.8 Å². The molecule has 6 nitrogen and oxygen atoms in total. The van der Waals surface area contributed by atoms with Gasteiger partial charge in [-0.25, -0.2) is 0 Å². The van der Waals surface area contributed by atoms with E-state index in [1.807, 2.05) is 30.3 Å². The van der Waals surface area contributed by atoms with Gasteiger partial charge < -0.3 is 10.6 Å². The van der Waals surface area contributed by atoms with Gasteiger partial charge in [-0.3, -0.25) is 4.79 Å². The van der Waals surface area contributed by atoms with Crippen molar-refractivity contribution in [2.24, 2.45) is 23.2 Å². The number of amides is 1. The number of rotatable bonds is 5. The number of carbonyl (C=O) groups excluding carboxylic acids is 1. The highest BCUT2D eigenvalue weighted by Crippen LogP contribution is 2.61. The molecule has 0 atom stereocenters. The molecule has 7 heteroatoms. The molecule has 1 aromatic heterocycles. The third-order valence-corrected chi connectivity index (χ3v) is 8.37. The third kappa shape index (κ3) is 4.22. The second-order valence-corrected chi connectivity index (χ2v) is 11.2. The van der Waals surface area contributed by atoms with E-state index >= 15 is 0 Å². The molecule has 3 aromatic rings. The van der Waals surface area contributed by atoms with Gasteiger partial charge >= 0.3 is 0 Å². The largest absolute Gasteiger partial charge is 0.332 e. The molecular weight excluding hydrogens is 442 g/mol. The number of aromatic nitrogens is 3. The minimum Gasteiger partial charge on any atom is -0.332 e. The van der Waals surface area contributed by atoms with E-state index < -0.39 is 0 Å². The highest BCUT2D eigenvalue weighted by Gasteiger charge is 2.51. The molecule has 4 fully saturated rings. The number of benzene rings is 2. The zero-order valence-electron chi connectivity index (χ0n) is 19.6. The first kappa shape index (κ1) is 21.7. The van der Waals surface area contributed by atoms with Crippen molar-refractivity contribution in [2.45, 2.75) is 58.3 Å². The van der Waals surface area contributed by atoms with E-state index in [1.165, 1.54) is 44.1 Å². The predicted octanol–water partition coefficient (Wildman–Crippen LogP) is 5.40. The first-order valence-corrected chi connectivity index (χ1v) is 12.9. The van der Waals surface area contributed by atoms with Gasteiger partial charge in [-0.2, -0.15) is 4.80 Å². The summed E-state index contributed by atoms with van der Waals surface area (Å²) < 4.78 is 0. The molecule has 4 aliphatic carbocycles. The molecule has 4 bridgehead atoms. The predicted molar refractivity (Wildman–Crippen MR) is 138 cm³/mol. The van der Waals surface area contributed by atoms with E-state index in [2.05, 4.69) is 39.9 Å². The summed E-state index contributed by atoms with van der Waals surface area (Å²) in [5.41, 5.74) is 4.79. The summed E-state index contributed by atoms with van der Waals surface area (Å²) in [5, 5.41) is 15.6. The van der Waals surface area contributed by atoms with Crippen LogP contribution < -0.4 is 10.6 Å². The highest BCUT2D eigenvalue weighted by molar-refractivity contribution is 7.80. The van der Waals surface area contributed by atoms with Crippen LogP contribution in [0.4, 0.5) is 5.69 Å². The van der Waals surface area contributed by atoms with Crippen LogP contribution in [-0.4, -0.2) is 26.0 Å². The normalized spacial score (nSPS) is 27.1. The molecule has 4 saturated carbocycles. The Morgan fingerprint density at radius 2 is 1.65 bits per heavy atom.